The Kier molecular flexibility index (Phi) is 4.58. The molecule has 0 atom stereocenters. The summed E-state index contributed by atoms with van der Waals surface area (Å²) in [7, 11) is 0. The van der Waals surface area contributed by atoms with Crippen molar-refractivity contribution in [3.8, 4) is 0 Å². The average molecular weight is 309 g/mol. The van der Waals surface area contributed by atoms with Gasteiger partial charge in [0.1, 0.15) is 0 Å². The number of aromatic nitrogens is 1. The zero-order valence-corrected chi connectivity index (χ0v) is 14.2. The summed E-state index contributed by atoms with van der Waals surface area (Å²) in [4.78, 5) is 3.42. The monoisotopic (exact) mass is 309 g/mol. The molecular weight excluding hydrogens is 286 g/mol. The van der Waals surface area contributed by atoms with Gasteiger partial charge in [0.2, 0.25) is 0 Å². The Balaban J connectivity index is 1.89. The number of hydrogen-bond donors (Lipinski definition) is 1. The third-order valence-corrected chi connectivity index (χ3v) is 5.43. The lowest BCUT2D eigenvalue weighted by Crippen LogP contribution is -2.03. The summed E-state index contributed by atoms with van der Waals surface area (Å²) in [5.41, 5.74) is 8.21. The van der Waals surface area contributed by atoms with Crippen molar-refractivity contribution >= 4 is 28.2 Å². The van der Waals surface area contributed by atoms with Gasteiger partial charge in [-0.15, -0.1) is 11.8 Å². The van der Waals surface area contributed by atoms with Crippen LogP contribution in [0.2, 0.25) is 0 Å². The molecule has 0 spiro atoms. The first-order chi connectivity index (χ1) is 10.7. The molecule has 1 heterocycles. The highest BCUT2D eigenvalue weighted by Gasteiger charge is 2.18. The Labute approximate surface area is 137 Å². The van der Waals surface area contributed by atoms with Gasteiger partial charge in [-0.1, -0.05) is 35.9 Å². The van der Waals surface area contributed by atoms with E-state index in [0.717, 1.165) is 11.3 Å². The Bertz CT molecular complexity index is 755. The molecule has 0 radical (unpaired) electrons. The van der Waals surface area contributed by atoms with Gasteiger partial charge < -0.3 is 4.98 Å². The van der Waals surface area contributed by atoms with Gasteiger partial charge in [0.15, 0.2) is 0 Å². The van der Waals surface area contributed by atoms with Gasteiger partial charge in [-0.25, -0.2) is 0 Å². The molecule has 2 aromatic rings. The van der Waals surface area contributed by atoms with Gasteiger partial charge in [-0.05, 0) is 55.7 Å². The van der Waals surface area contributed by atoms with Crippen molar-refractivity contribution in [1.29, 1.82) is 0 Å². The Morgan fingerprint density at radius 2 is 2.05 bits per heavy atom. The summed E-state index contributed by atoms with van der Waals surface area (Å²) in [6.07, 6.45) is 6.05. The zero-order valence-electron chi connectivity index (χ0n) is 13.4. The van der Waals surface area contributed by atoms with Crippen LogP contribution in [-0.4, -0.2) is 10.7 Å². The van der Waals surface area contributed by atoms with E-state index in [-0.39, 0.29) is 0 Å². The van der Waals surface area contributed by atoms with Gasteiger partial charge in [-0.2, -0.15) is 0 Å². The second-order valence-corrected chi connectivity index (χ2v) is 6.93. The number of hydrogen-bond acceptors (Lipinski definition) is 1. The van der Waals surface area contributed by atoms with Crippen molar-refractivity contribution in [1.82, 2.24) is 4.98 Å². The minimum Gasteiger partial charge on any atom is -0.361 e. The van der Waals surface area contributed by atoms with Crippen LogP contribution in [0, 0.1) is 0 Å². The van der Waals surface area contributed by atoms with Crippen LogP contribution >= 0.6 is 11.8 Å². The fourth-order valence-electron chi connectivity index (χ4n) is 2.70. The minimum absolute atomic E-state index is 1.04. The second-order valence-electron chi connectivity index (χ2n) is 6.08. The largest absolute Gasteiger partial charge is 0.361 e. The maximum absolute atomic E-state index is 4.01. The SMILES string of the molecule is C=C(C)/C(C)=C/SCC(=C1CCC1)c1c[nH]c2ccccc12. The van der Waals surface area contributed by atoms with E-state index in [0.29, 0.717) is 0 Å². The molecule has 1 saturated carbocycles. The van der Waals surface area contributed by atoms with E-state index in [1.807, 2.05) is 11.8 Å². The summed E-state index contributed by atoms with van der Waals surface area (Å²) in [6.45, 7) is 8.21. The lowest BCUT2D eigenvalue weighted by molar-refractivity contribution is 0.665. The predicted molar refractivity (Wildman–Crippen MR) is 100 cm³/mol. The number of para-hydroxylation sites is 1. The quantitative estimate of drug-likeness (QED) is 0.639. The summed E-state index contributed by atoms with van der Waals surface area (Å²) < 4.78 is 0. The maximum atomic E-state index is 4.01. The van der Waals surface area contributed by atoms with Gasteiger partial charge in [0.25, 0.3) is 0 Å². The molecule has 1 aromatic carbocycles. The zero-order chi connectivity index (χ0) is 15.5. The number of benzene rings is 1. The highest BCUT2D eigenvalue weighted by molar-refractivity contribution is 8.02. The van der Waals surface area contributed by atoms with Crippen LogP contribution < -0.4 is 0 Å². The second kappa shape index (κ2) is 6.62. The molecule has 0 amide bonds. The van der Waals surface area contributed by atoms with Crippen LogP contribution in [-0.2, 0) is 0 Å². The van der Waals surface area contributed by atoms with Crippen molar-refractivity contribution in [2.75, 3.05) is 5.75 Å². The minimum atomic E-state index is 1.04. The Morgan fingerprint density at radius 3 is 2.73 bits per heavy atom. The van der Waals surface area contributed by atoms with E-state index in [4.69, 9.17) is 0 Å². The van der Waals surface area contributed by atoms with Crippen LogP contribution in [0.4, 0.5) is 0 Å². The summed E-state index contributed by atoms with van der Waals surface area (Å²) >= 11 is 1.89. The highest BCUT2D eigenvalue weighted by atomic mass is 32.2. The molecular formula is C20H23NS. The normalized spacial score (nSPS) is 15.0. The summed E-state index contributed by atoms with van der Waals surface area (Å²) in [6, 6.07) is 8.59. The van der Waals surface area contributed by atoms with Crippen molar-refractivity contribution in [3.63, 3.8) is 0 Å². The number of H-pyrrole nitrogens is 1. The first-order valence-electron chi connectivity index (χ1n) is 7.88. The van der Waals surface area contributed by atoms with Crippen molar-refractivity contribution < 1.29 is 0 Å². The average Bonchev–Trinajstić information content (AvgIpc) is 2.87. The third-order valence-electron chi connectivity index (χ3n) is 4.46. The molecule has 0 bridgehead atoms. The van der Waals surface area contributed by atoms with Crippen molar-refractivity contribution in [3.05, 3.63) is 64.7 Å². The van der Waals surface area contributed by atoms with Crippen LogP contribution in [0.1, 0.15) is 38.7 Å². The van der Waals surface area contributed by atoms with Gasteiger partial charge in [0, 0.05) is 28.4 Å². The van der Waals surface area contributed by atoms with E-state index in [1.165, 1.54) is 46.9 Å². The molecule has 2 heteroatoms. The molecule has 0 unspecified atom stereocenters. The Morgan fingerprint density at radius 1 is 1.27 bits per heavy atom. The van der Waals surface area contributed by atoms with Gasteiger partial charge >= 0.3 is 0 Å². The van der Waals surface area contributed by atoms with Gasteiger partial charge in [0.05, 0.1) is 0 Å². The molecule has 1 N–H and O–H groups in total. The molecule has 1 nitrogen and oxygen atoms in total. The van der Waals surface area contributed by atoms with E-state index in [1.54, 1.807) is 5.57 Å². The van der Waals surface area contributed by atoms with Crippen molar-refractivity contribution in [2.45, 2.75) is 33.1 Å². The number of thioether (sulfide) groups is 1. The number of fused-ring (bicyclic) bond motifs is 1. The summed E-state index contributed by atoms with van der Waals surface area (Å²) in [5, 5.41) is 3.59. The maximum Gasteiger partial charge on any atom is 0.0460 e. The molecule has 22 heavy (non-hydrogen) atoms. The lowest BCUT2D eigenvalue weighted by atomic mass is 9.86. The number of rotatable bonds is 5. The molecule has 114 valence electrons. The van der Waals surface area contributed by atoms with Crippen LogP contribution in [0.15, 0.2) is 59.2 Å². The first-order valence-corrected chi connectivity index (χ1v) is 8.93. The highest BCUT2D eigenvalue weighted by Crippen LogP contribution is 2.38. The molecule has 3 rings (SSSR count). The molecule has 0 saturated heterocycles. The van der Waals surface area contributed by atoms with Crippen LogP contribution in [0.3, 0.4) is 0 Å². The van der Waals surface area contributed by atoms with Crippen LogP contribution in [0.5, 0.6) is 0 Å². The van der Waals surface area contributed by atoms with E-state index in [2.05, 4.69) is 61.3 Å². The Hall–Kier alpha value is -1.67. The number of nitrogens with one attached hydrogen (secondary N) is 1. The molecule has 1 aromatic heterocycles. The molecule has 1 aliphatic carbocycles. The van der Waals surface area contributed by atoms with Crippen molar-refractivity contribution in [2.24, 2.45) is 0 Å². The number of aromatic amines is 1. The van der Waals surface area contributed by atoms with Gasteiger partial charge in [-0.3, -0.25) is 0 Å². The smallest absolute Gasteiger partial charge is 0.0460 e. The standard InChI is InChI=1S/C20H23NS/c1-14(2)15(3)12-22-13-19(16-7-6-8-16)18-11-21-20-10-5-4-9-17(18)20/h4-5,9-12,21H,1,6-8,13H2,2-3H3/b15-12+. The molecule has 0 aliphatic heterocycles. The fourth-order valence-corrected chi connectivity index (χ4v) is 3.76. The van der Waals surface area contributed by atoms with E-state index < -0.39 is 0 Å². The van der Waals surface area contributed by atoms with E-state index >= 15 is 0 Å². The van der Waals surface area contributed by atoms with Crippen LogP contribution in [0.25, 0.3) is 16.5 Å². The lowest BCUT2D eigenvalue weighted by Gasteiger charge is -2.22. The predicted octanol–water partition coefficient (Wildman–Crippen LogP) is 6.32. The number of allylic oxidation sites excluding steroid dienone is 3. The van der Waals surface area contributed by atoms with E-state index in [9.17, 15) is 0 Å². The third kappa shape index (κ3) is 3.07. The topological polar surface area (TPSA) is 15.8 Å². The molecule has 1 fully saturated rings. The fraction of sp³-hybridized carbons (Fsp3) is 0.300. The summed E-state index contributed by atoms with van der Waals surface area (Å²) in [5.74, 6) is 1.04. The first kappa shape index (κ1) is 15.2. The molecule has 1 aliphatic rings.